The SMILES string of the molecule is COc1ccccc1P(c1cc(C)cc(C(C)(C)C)c1O)c1cc(C)cc(C(C)(C)C)c1O. The van der Waals surface area contributed by atoms with Crippen molar-refractivity contribution in [1.82, 2.24) is 0 Å². The van der Waals surface area contributed by atoms with Crippen LogP contribution in [0, 0.1) is 13.8 Å². The molecule has 0 aliphatic rings. The molecule has 3 aromatic rings. The monoisotopic (exact) mass is 464 g/mol. The Hall–Kier alpha value is -2.51. The van der Waals surface area contributed by atoms with Crippen molar-refractivity contribution < 1.29 is 14.9 Å². The summed E-state index contributed by atoms with van der Waals surface area (Å²) >= 11 is 0. The minimum atomic E-state index is -1.30. The summed E-state index contributed by atoms with van der Waals surface area (Å²) in [5.74, 6) is 1.34. The van der Waals surface area contributed by atoms with E-state index in [1.807, 2.05) is 24.3 Å². The predicted octanol–water partition coefficient (Wildman–Crippen LogP) is 6.08. The summed E-state index contributed by atoms with van der Waals surface area (Å²) in [6.45, 7) is 16.8. The Morgan fingerprint density at radius 3 is 1.48 bits per heavy atom. The van der Waals surface area contributed by atoms with Crippen molar-refractivity contribution in [2.24, 2.45) is 0 Å². The van der Waals surface area contributed by atoms with Crippen LogP contribution in [0.4, 0.5) is 0 Å². The number of rotatable bonds is 4. The van der Waals surface area contributed by atoms with Gasteiger partial charge in [-0.2, -0.15) is 0 Å². The summed E-state index contributed by atoms with van der Waals surface area (Å²) in [6, 6.07) is 16.2. The fraction of sp³-hybridized carbons (Fsp3) is 0.379. The van der Waals surface area contributed by atoms with E-state index in [1.165, 1.54) is 0 Å². The molecule has 3 rings (SSSR count). The molecule has 0 aliphatic heterocycles. The number of aromatic hydroxyl groups is 2. The smallest absolute Gasteiger partial charge is 0.127 e. The van der Waals surface area contributed by atoms with Gasteiger partial charge in [-0.25, -0.2) is 0 Å². The van der Waals surface area contributed by atoms with Gasteiger partial charge in [-0.15, -0.1) is 0 Å². The van der Waals surface area contributed by atoms with E-state index in [4.69, 9.17) is 4.74 Å². The lowest BCUT2D eigenvalue weighted by atomic mass is 9.85. The Morgan fingerprint density at radius 2 is 1.09 bits per heavy atom. The van der Waals surface area contributed by atoms with Gasteiger partial charge in [0.25, 0.3) is 0 Å². The first kappa shape index (κ1) is 25.1. The average Bonchev–Trinajstić information content (AvgIpc) is 2.71. The largest absolute Gasteiger partial charge is 0.507 e. The van der Waals surface area contributed by atoms with E-state index >= 15 is 0 Å². The molecule has 3 nitrogen and oxygen atoms in total. The summed E-state index contributed by atoms with van der Waals surface area (Å²) in [6.07, 6.45) is 0. The number of hydrogen-bond donors (Lipinski definition) is 2. The number of phenolic OH excluding ortho intramolecular Hbond substituents is 2. The molecule has 0 saturated heterocycles. The lowest BCUT2D eigenvalue weighted by molar-refractivity contribution is 0.418. The molecule has 3 aromatic carbocycles. The minimum absolute atomic E-state index is 0.224. The van der Waals surface area contributed by atoms with E-state index in [9.17, 15) is 10.2 Å². The Morgan fingerprint density at radius 1 is 0.667 bits per heavy atom. The molecule has 0 heterocycles. The molecule has 0 spiro atoms. The summed E-state index contributed by atoms with van der Waals surface area (Å²) in [7, 11) is 0.368. The number of benzene rings is 3. The molecule has 0 amide bonds. The molecular weight excluding hydrogens is 427 g/mol. The molecule has 2 N–H and O–H groups in total. The standard InChI is InChI=1S/C29H37O3P/c1-18-14-20(28(3,4)5)26(30)24(16-18)33(23-13-11-10-12-22(23)32-9)25-17-19(2)15-21(27(25)31)29(6,7)8/h10-17,30-31H,1-9H3. The maximum atomic E-state index is 11.6. The predicted molar refractivity (Wildman–Crippen MR) is 142 cm³/mol. The second kappa shape index (κ2) is 9.03. The first-order chi connectivity index (χ1) is 15.3. The minimum Gasteiger partial charge on any atom is -0.507 e. The van der Waals surface area contributed by atoms with Crippen molar-refractivity contribution in [2.45, 2.75) is 66.2 Å². The van der Waals surface area contributed by atoms with Gasteiger partial charge in [-0.05, 0) is 61.9 Å². The highest BCUT2D eigenvalue weighted by molar-refractivity contribution is 7.80. The highest BCUT2D eigenvalue weighted by Gasteiger charge is 2.31. The van der Waals surface area contributed by atoms with Crippen molar-refractivity contribution in [1.29, 1.82) is 0 Å². The third-order valence-corrected chi connectivity index (χ3v) is 8.39. The van der Waals surface area contributed by atoms with Gasteiger partial charge in [0.05, 0.1) is 7.11 Å². The molecule has 4 heteroatoms. The number of ether oxygens (including phenoxy) is 1. The molecule has 0 fully saturated rings. The van der Waals surface area contributed by atoms with Crippen LogP contribution < -0.4 is 20.7 Å². The van der Waals surface area contributed by atoms with Crippen LogP contribution in [-0.4, -0.2) is 17.3 Å². The van der Waals surface area contributed by atoms with Crippen molar-refractivity contribution in [3.8, 4) is 17.2 Å². The number of phenols is 2. The van der Waals surface area contributed by atoms with Crippen molar-refractivity contribution in [3.63, 3.8) is 0 Å². The van der Waals surface area contributed by atoms with Gasteiger partial charge >= 0.3 is 0 Å². The molecule has 176 valence electrons. The van der Waals surface area contributed by atoms with Gasteiger partial charge in [-0.3, -0.25) is 0 Å². The lowest BCUT2D eigenvalue weighted by Crippen LogP contribution is -2.26. The zero-order valence-electron chi connectivity index (χ0n) is 21.4. The van der Waals surface area contributed by atoms with Crippen molar-refractivity contribution >= 4 is 23.8 Å². The number of hydrogen-bond acceptors (Lipinski definition) is 3. The van der Waals surface area contributed by atoms with E-state index in [-0.39, 0.29) is 10.8 Å². The first-order valence-corrected chi connectivity index (χ1v) is 12.7. The van der Waals surface area contributed by atoms with Gasteiger partial charge in [-0.1, -0.05) is 71.9 Å². The van der Waals surface area contributed by atoms with Gasteiger partial charge in [0, 0.05) is 27.0 Å². The summed E-state index contributed by atoms with van der Waals surface area (Å²) in [4.78, 5) is 0. The van der Waals surface area contributed by atoms with E-state index < -0.39 is 7.92 Å². The Bertz CT molecular complexity index is 1100. The van der Waals surface area contributed by atoms with Gasteiger partial charge in [0.15, 0.2) is 0 Å². The molecule has 0 atom stereocenters. The molecular formula is C29H37O3P. The summed E-state index contributed by atoms with van der Waals surface area (Å²) in [5.41, 5.74) is 3.53. The van der Waals surface area contributed by atoms with E-state index in [0.29, 0.717) is 11.5 Å². The van der Waals surface area contributed by atoms with E-state index in [2.05, 4.69) is 79.7 Å². The maximum Gasteiger partial charge on any atom is 0.127 e. The Kier molecular flexibility index (Phi) is 6.87. The number of para-hydroxylation sites is 1. The fourth-order valence-corrected chi connectivity index (χ4v) is 6.94. The maximum absolute atomic E-state index is 11.6. The van der Waals surface area contributed by atoms with Gasteiger partial charge in [0.1, 0.15) is 17.2 Å². The lowest BCUT2D eigenvalue weighted by Gasteiger charge is -2.30. The zero-order chi connectivity index (χ0) is 24.7. The third-order valence-electron chi connectivity index (χ3n) is 5.89. The van der Waals surface area contributed by atoms with Crippen LogP contribution in [0.1, 0.15) is 63.8 Å². The summed E-state index contributed by atoms with van der Waals surface area (Å²) < 4.78 is 5.76. The van der Waals surface area contributed by atoms with Crippen LogP contribution in [0.3, 0.4) is 0 Å². The molecule has 0 saturated carbocycles. The molecule has 0 aliphatic carbocycles. The van der Waals surface area contributed by atoms with Crippen LogP contribution in [0.2, 0.25) is 0 Å². The van der Waals surface area contributed by atoms with Crippen molar-refractivity contribution in [3.05, 3.63) is 70.8 Å². The highest BCUT2D eigenvalue weighted by Crippen LogP contribution is 2.46. The molecule has 33 heavy (non-hydrogen) atoms. The quantitative estimate of drug-likeness (QED) is 0.460. The number of methoxy groups -OCH3 is 1. The zero-order valence-corrected chi connectivity index (χ0v) is 22.3. The highest BCUT2D eigenvalue weighted by atomic mass is 31.1. The summed E-state index contributed by atoms with van der Waals surface area (Å²) in [5, 5.41) is 25.8. The molecule has 0 unspecified atom stereocenters. The topological polar surface area (TPSA) is 49.7 Å². The van der Waals surface area contributed by atoms with Gasteiger partial charge in [0.2, 0.25) is 0 Å². The van der Waals surface area contributed by atoms with E-state index in [1.54, 1.807) is 7.11 Å². The normalized spacial score (nSPS) is 12.3. The Labute approximate surface area is 200 Å². The number of aryl methyl sites for hydroxylation is 2. The van der Waals surface area contributed by atoms with Crippen molar-refractivity contribution in [2.75, 3.05) is 7.11 Å². The third kappa shape index (κ3) is 5.04. The molecule has 0 bridgehead atoms. The van der Waals surface area contributed by atoms with Crippen LogP contribution >= 0.6 is 7.92 Å². The van der Waals surface area contributed by atoms with E-state index in [0.717, 1.165) is 43.9 Å². The molecule has 0 aromatic heterocycles. The first-order valence-electron chi connectivity index (χ1n) is 11.4. The van der Waals surface area contributed by atoms with Crippen LogP contribution in [-0.2, 0) is 10.8 Å². The Balaban J connectivity index is 2.47. The van der Waals surface area contributed by atoms with Crippen LogP contribution in [0.25, 0.3) is 0 Å². The fourth-order valence-electron chi connectivity index (χ4n) is 4.21. The second-order valence-electron chi connectivity index (χ2n) is 10.9. The van der Waals surface area contributed by atoms with Crippen LogP contribution in [0.5, 0.6) is 17.2 Å². The van der Waals surface area contributed by atoms with Gasteiger partial charge < -0.3 is 14.9 Å². The van der Waals surface area contributed by atoms with Crippen LogP contribution in [0.15, 0.2) is 48.5 Å². The average molecular weight is 465 g/mol. The molecule has 0 radical (unpaired) electrons. The second-order valence-corrected chi connectivity index (χ2v) is 13.0.